The molecule has 1 fully saturated rings. The van der Waals surface area contributed by atoms with Crippen LogP contribution in [0.25, 0.3) is 0 Å². The van der Waals surface area contributed by atoms with Crippen LogP contribution >= 0.6 is 0 Å². The highest BCUT2D eigenvalue weighted by atomic mass is 16.2. The van der Waals surface area contributed by atoms with Crippen molar-refractivity contribution < 1.29 is 9.59 Å². The van der Waals surface area contributed by atoms with Gasteiger partial charge in [0, 0.05) is 45.1 Å². The molecule has 26 heavy (non-hydrogen) atoms. The zero-order valence-electron chi connectivity index (χ0n) is 15.3. The van der Waals surface area contributed by atoms with E-state index in [4.69, 9.17) is 0 Å². The summed E-state index contributed by atoms with van der Waals surface area (Å²) < 4.78 is 1.60. The quantitative estimate of drug-likeness (QED) is 0.918. The summed E-state index contributed by atoms with van der Waals surface area (Å²) in [5.41, 5.74) is 1.40. The Labute approximate surface area is 153 Å². The number of urea groups is 1. The number of aryl methyl sites for hydroxylation is 1. The predicted octanol–water partition coefficient (Wildman–Crippen LogP) is 2.26. The molecule has 1 aromatic carbocycles. The SMILES string of the molecule is CN(C(=O)N1CCCC[C@H](NC(=O)c2cnn(C)c2)C1)c1ccccc1. The zero-order valence-corrected chi connectivity index (χ0v) is 15.3. The van der Waals surface area contributed by atoms with E-state index in [1.54, 1.807) is 36.1 Å². The Morgan fingerprint density at radius 3 is 2.69 bits per heavy atom. The molecule has 1 N–H and O–H groups in total. The van der Waals surface area contributed by atoms with Gasteiger partial charge in [0.05, 0.1) is 11.8 Å². The molecule has 0 bridgehead atoms. The van der Waals surface area contributed by atoms with Gasteiger partial charge in [-0.2, -0.15) is 5.10 Å². The van der Waals surface area contributed by atoms with Gasteiger partial charge in [-0.05, 0) is 31.4 Å². The van der Waals surface area contributed by atoms with Crippen LogP contribution in [0, 0.1) is 0 Å². The van der Waals surface area contributed by atoms with Crippen molar-refractivity contribution >= 4 is 17.6 Å². The van der Waals surface area contributed by atoms with Gasteiger partial charge in [-0.3, -0.25) is 14.4 Å². The van der Waals surface area contributed by atoms with E-state index in [0.717, 1.165) is 24.9 Å². The van der Waals surface area contributed by atoms with Crippen LogP contribution in [-0.4, -0.2) is 52.8 Å². The van der Waals surface area contributed by atoms with Gasteiger partial charge in [0.25, 0.3) is 5.91 Å². The standard InChI is InChI=1S/C19H25N5O2/c1-22-13-15(12-20-22)18(25)21-16-8-6-7-11-24(14-16)19(26)23(2)17-9-4-3-5-10-17/h3-5,9-10,12-13,16H,6-8,11,14H2,1-2H3,(H,21,25)/t16-/m0/s1. The van der Waals surface area contributed by atoms with E-state index in [-0.39, 0.29) is 18.0 Å². The molecular weight excluding hydrogens is 330 g/mol. The first-order valence-corrected chi connectivity index (χ1v) is 8.92. The van der Waals surface area contributed by atoms with Crippen molar-refractivity contribution in [3.63, 3.8) is 0 Å². The summed E-state index contributed by atoms with van der Waals surface area (Å²) in [4.78, 5) is 28.8. The molecule has 0 saturated carbocycles. The lowest BCUT2D eigenvalue weighted by Crippen LogP contribution is -2.48. The summed E-state index contributed by atoms with van der Waals surface area (Å²) in [6.07, 6.45) is 6.03. The fraction of sp³-hybridized carbons (Fsp3) is 0.421. The van der Waals surface area contributed by atoms with Crippen molar-refractivity contribution in [1.82, 2.24) is 20.0 Å². The van der Waals surface area contributed by atoms with Crippen LogP contribution in [0.15, 0.2) is 42.7 Å². The highest BCUT2D eigenvalue weighted by molar-refractivity contribution is 5.94. The Hall–Kier alpha value is -2.83. The molecule has 2 heterocycles. The van der Waals surface area contributed by atoms with E-state index in [0.29, 0.717) is 18.7 Å². The number of rotatable bonds is 3. The minimum absolute atomic E-state index is 0.0428. The average Bonchev–Trinajstić information content (AvgIpc) is 2.96. The Morgan fingerprint density at radius 2 is 2.00 bits per heavy atom. The van der Waals surface area contributed by atoms with Gasteiger partial charge in [0.1, 0.15) is 0 Å². The van der Waals surface area contributed by atoms with E-state index in [1.165, 1.54) is 0 Å². The number of nitrogens with one attached hydrogen (secondary N) is 1. The molecule has 3 amide bonds. The minimum atomic E-state index is -0.145. The predicted molar refractivity (Wildman–Crippen MR) is 100 cm³/mol. The van der Waals surface area contributed by atoms with Gasteiger partial charge in [0.2, 0.25) is 0 Å². The Kier molecular flexibility index (Phi) is 5.55. The van der Waals surface area contributed by atoms with Crippen molar-refractivity contribution in [2.45, 2.75) is 25.3 Å². The number of para-hydroxylation sites is 1. The third kappa shape index (κ3) is 4.22. The molecular formula is C19H25N5O2. The largest absolute Gasteiger partial charge is 0.347 e. The second kappa shape index (κ2) is 8.03. The number of hydrogen-bond donors (Lipinski definition) is 1. The smallest absolute Gasteiger partial charge is 0.324 e. The van der Waals surface area contributed by atoms with Crippen LogP contribution in [0.2, 0.25) is 0 Å². The van der Waals surface area contributed by atoms with E-state index >= 15 is 0 Å². The first-order valence-electron chi connectivity index (χ1n) is 8.92. The Balaban J connectivity index is 1.65. The summed E-state index contributed by atoms with van der Waals surface area (Å²) in [5, 5.41) is 7.08. The summed E-state index contributed by atoms with van der Waals surface area (Å²) >= 11 is 0. The normalized spacial score (nSPS) is 17.5. The second-order valence-electron chi connectivity index (χ2n) is 6.69. The number of aromatic nitrogens is 2. The lowest BCUT2D eigenvalue weighted by Gasteiger charge is -2.29. The van der Waals surface area contributed by atoms with E-state index in [1.807, 2.05) is 35.2 Å². The summed E-state index contributed by atoms with van der Waals surface area (Å²) in [6.45, 7) is 1.22. The molecule has 0 unspecified atom stereocenters. The van der Waals surface area contributed by atoms with Gasteiger partial charge in [-0.1, -0.05) is 18.2 Å². The molecule has 1 saturated heterocycles. The number of carbonyl (C=O) groups is 2. The maximum absolute atomic E-state index is 12.9. The molecule has 0 radical (unpaired) electrons. The lowest BCUT2D eigenvalue weighted by molar-refractivity contribution is 0.0928. The van der Waals surface area contributed by atoms with Crippen molar-refractivity contribution in [3.8, 4) is 0 Å². The number of anilines is 1. The first-order chi connectivity index (χ1) is 12.5. The van der Waals surface area contributed by atoms with Crippen LogP contribution in [0.4, 0.5) is 10.5 Å². The van der Waals surface area contributed by atoms with E-state index < -0.39 is 0 Å². The highest BCUT2D eigenvalue weighted by Gasteiger charge is 2.26. The monoisotopic (exact) mass is 355 g/mol. The third-order valence-electron chi connectivity index (χ3n) is 4.67. The van der Waals surface area contributed by atoms with Crippen LogP contribution in [0.5, 0.6) is 0 Å². The fourth-order valence-electron chi connectivity index (χ4n) is 3.21. The summed E-state index contributed by atoms with van der Waals surface area (Å²) in [5.74, 6) is -0.145. The number of hydrogen-bond acceptors (Lipinski definition) is 3. The zero-order chi connectivity index (χ0) is 18.5. The lowest BCUT2D eigenvalue weighted by atomic mass is 10.1. The number of likely N-dealkylation sites (tertiary alicyclic amines) is 1. The first kappa shape index (κ1) is 18.0. The van der Waals surface area contributed by atoms with Crippen LogP contribution < -0.4 is 10.2 Å². The van der Waals surface area contributed by atoms with Gasteiger partial charge in [-0.15, -0.1) is 0 Å². The Bertz CT molecular complexity index is 758. The van der Waals surface area contributed by atoms with Gasteiger partial charge in [-0.25, -0.2) is 4.79 Å². The topological polar surface area (TPSA) is 70.5 Å². The maximum atomic E-state index is 12.9. The molecule has 7 nitrogen and oxygen atoms in total. The molecule has 1 aliphatic heterocycles. The molecule has 0 aliphatic carbocycles. The number of amides is 3. The maximum Gasteiger partial charge on any atom is 0.324 e. The van der Waals surface area contributed by atoms with Crippen LogP contribution in [0.3, 0.4) is 0 Å². The number of nitrogens with zero attached hydrogens (tertiary/aromatic N) is 4. The van der Waals surface area contributed by atoms with Gasteiger partial charge < -0.3 is 10.2 Å². The number of carbonyl (C=O) groups excluding carboxylic acids is 2. The molecule has 7 heteroatoms. The van der Waals surface area contributed by atoms with Crippen LogP contribution in [0.1, 0.15) is 29.6 Å². The third-order valence-corrected chi connectivity index (χ3v) is 4.67. The number of benzene rings is 1. The van der Waals surface area contributed by atoms with Crippen molar-refractivity contribution in [3.05, 3.63) is 48.3 Å². The molecule has 0 spiro atoms. The summed E-state index contributed by atoms with van der Waals surface area (Å²) in [7, 11) is 3.56. The van der Waals surface area contributed by atoms with Crippen molar-refractivity contribution in [2.24, 2.45) is 7.05 Å². The molecule has 138 valence electrons. The molecule has 1 aliphatic rings. The molecule has 2 aromatic rings. The minimum Gasteiger partial charge on any atom is -0.347 e. The second-order valence-corrected chi connectivity index (χ2v) is 6.69. The van der Waals surface area contributed by atoms with Crippen LogP contribution in [-0.2, 0) is 7.05 Å². The van der Waals surface area contributed by atoms with Gasteiger partial charge >= 0.3 is 6.03 Å². The molecule has 1 atom stereocenters. The fourth-order valence-corrected chi connectivity index (χ4v) is 3.21. The Morgan fingerprint density at radius 1 is 1.23 bits per heavy atom. The summed E-state index contributed by atoms with van der Waals surface area (Å²) in [6, 6.07) is 9.49. The van der Waals surface area contributed by atoms with Crippen molar-refractivity contribution in [1.29, 1.82) is 0 Å². The van der Waals surface area contributed by atoms with Crippen molar-refractivity contribution in [2.75, 3.05) is 25.0 Å². The highest BCUT2D eigenvalue weighted by Crippen LogP contribution is 2.17. The molecule has 1 aromatic heterocycles. The van der Waals surface area contributed by atoms with E-state index in [9.17, 15) is 9.59 Å². The van der Waals surface area contributed by atoms with Gasteiger partial charge in [0.15, 0.2) is 0 Å². The molecule has 3 rings (SSSR count). The van der Waals surface area contributed by atoms with E-state index in [2.05, 4.69) is 10.4 Å². The average molecular weight is 355 g/mol.